The summed E-state index contributed by atoms with van der Waals surface area (Å²) >= 11 is 0. The molecule has 0 saturated carbocycles. The van der Waals surface area contributed by atoms with Gasteiger partial charge in [-0.05, 0) is 30.7 Å². The Morgan fingerprint density at radius 3 is 2.61 bits per heavy atom. The molecule has 0 aliphatic heterocycles. The zero-order valence-electron chi connectivity index (χ0n) is 13.0. The fourth-order valence-electron chi connectivity index (χ4n) is 2.47. The lowest BCUT2D eigenvalue weighted by Gasteiger charge is -2.09. The normalized spacial score (nSPS) is 10.5. The maximum absolute atomic E-state index is 12.0. The largest absolute Gasteiger partial charge is 0.495 e. The lowest BCUT2D eigenvalue weighted by atomic mass is 10.1. The van der Waals surface area contributed by atoms with Crippen LogP contribution in [0.15, 0.2) is 53.3 Å². The molecule has 3 aromatic rings. The monoisotopic (exact) mass is 307 g/mol. The van der Waals surface area contributed by atoms with E-state index >= 15 is 0 Å². The van der Waals surface area contributed by atoms with Crippen molar-refractivity contribution in [3.63, 3.8) is 0 Å². The number of nitrogen functional groups attached to an aromatic ring is 1. The lowest BCUT2D eigenvalue weighted by molar-refractivity contribution is 0.417. The highest BCUT2D eigenvalue weighted by atomic mass is 16.5. The molecule has 0 unspecified atom stereocenters. The minimum atomic E-state index is -0.206. The molecular weight excluding hydrogens is 290 g/mol. The summed E-state index contributed by atoms with van der Waals surface area (Å²) in [5, 5.41) is 0. The van der Waals surface area contributed by atoms with E-state index in [1.807, 2.05) is 37.3 Å². The van der Waals surface area contributed by atoms with Gasteiger partial charge in [0.15, 0.2) is 0 Å². The van der Waals surface area contributed by atoms with E-state index in [1.54, 1.807) is 19.2 Å². The fraction of sp³-hybridized carbons (Fsp3) is 0.111. The highest BCUT2D eigenvalue weighted by Gasteiger charge is 2.09. The predicted octanol–water partition coefficient (Wildman–Crippen LogP) is 3.00. The Balaban J connectivity index is 2.13. The highest BCUT2D eigenvalue weighted by Crippen LogP contribution is 2.28. The van der Waals surface area contributed by atoms with Crippen LogP contribution in [-0.2, 0) is 0 Å². The first-order valence-corrected chi connectivity index (χ1v) is 7.20. The smallest absolute Gasteiger partial charge is 0.251 e. The van der Waals surface area contributed by atoms with E-state index in [9.17, 15) is 4.79 Å². The van der Waals surface area contributed by atoms with Gasteiger partial charge in [0, 0.05) is 17.2 Å². The van der Waals surface area contributed by atoms with E-state index in [2.05, 4.69) is 9.97 Å². The van der Waals surface area contributed by atoms with Gasteiger partial charge in [-0.1, -0.05) is 24.3 Å². The number of hydrogen-bond acceptors (Lipinski definition) is 4. The van der Waals surface area contributed by atoms with Crippen molar-refractivity contribution < 1.29 is 4.74 Å². The van der Waals surface area contributed by atoms with Crippen LogP contribution < -0.4 is 16.0 Å². The highest BCUT2D eigenvalue weighted by molar-refractivity contribution is 5.70. The molecule has 1 heterocycles. The standard InChI is InChI=1S/C18H17N3O2/c1-11-5-3-4-6-13(11)18-20-15(10-17(22)21-18)12-7-8-16(23-2)14(19)9-12/h3-10H,19H2,1-2H3,(H,20,21,22). The zero-order chi connectivity index (χ0) is 16.4. The summed E-state index contributed by atoms with van der Waals surface area (Å²) in [6.45, 7) is 1.98. The van der Waals surface area contributed by atoms with Crippen LogP contribution in [0.4, 0.5) is 5.69 Å². The Hall–Kier alpha value is -3.08. The summed E-state index contributed by atoms with van der Waals surface area (Å²) in [4.78, 5) is 19.4. The summed E-state index contributed by atoms with van der Waals surface area (Å²) in [5.41, 5.74) is 9.52. The number of benzene rings is 2. The minimum Gasteiger partial charge on any atom is -0.495 e. The van der Waals surface area contributed by atoms with Gasteiger partial charge in [-0.3, -0.25) is 4.79 Å². The maximum Gasteiger partial charge on any atom is 0.251 e. The van der Waals surface area contributed by atoms with Crippen LogP contribution in [0.1, 0.15) is 5.56 Å². The second-order valence-corrected chi connectivity index (χ2v) is 5.25. The number of aryl methyl sites for hydroxylation is 1. The van der Waals surface area contributed by atoms with Crippen molar-refractivity contribution in [2.45, 2.75) is 6.92 Å². The van der Waals surface area contributed by atoms with E-state index in [-0.39, 0.29) is 5.56 Å². The summed E-state index contributed by atoms with van der Waals surface area (Å²) in [6.07, 6.45) is 0. The quantitative estimate of drug-likeness (QED) is 0.729. The van der Waals surface area contributed by atoms with Crippen molar-refractivity contribution >= 4 is 5.69 Å². The first kappa shape index (κ1) is 14.8. The van der Waals surface area contributed by atoms with Crippen molar-refractivity contribution in [1.29, 1.82) is 0 Å². The molecule has 0 radical (unpaired) electrons. The number of nitrogens with two attached hydrogens (primary N) is 1. The van der Waals surface area contributed by atoms with Crippen LogP contribution in [0, 0.1) is 6.92 Å². The first-order chi connectivity index (χ1) is 11.1. The topological polar surface area (TPSA) is 81.0 Å². The van der Waals surface area contributed by atoms with Crippen molar-refractivity contribution in [2.24, 2.45) is 0 Å². The molecule has 116 valence electrons. The van der Waals surface area contributed by atoms with Crippen molar-refractivity contribution in [3.8, 4) is 28.4 Å². The van der Waals surface area contributed by atoms with Gasteiger partial charge in [-0.25, -0.2) is 4.98 Å². The Labute approximate surface area is 133 Å². The van der Waals surface area contributed by atoms with Crippen LogP contribution in [-0.4, -0.2) is 17.1 Å². The van der Waals surface area contributed by atoms with E-state index < -0.39 is 0 Å². The van der Waals surface area contributed by atoms with Gasteiger partial charge in [0.05, 0.1) is 18.5 Å². The molecule has 3 rings (SSSR count). The Morgan fingerprint density at radius 1 is 1.13 bits per heavy atom. The molecule has 2 aromatic carbocycles. The Kier molecular flexibility index (Phi) is 3.85. The fourth-order valence-corrected chi connectivity index (χ4v) is 2.47. The maximum atomic E-state index is 12.0. The third kappa shape index (κ3) is 2.94. The summed E-state index contributed by atoms with van der Waals surface area (Å²) in [5.74, 6) is 1.14. The van der Waals surface area contributed by atoms with Crippen molar-refractivity contribution in [1.82, 2.24) is 9.97 Å². The lowest BCUT2D eigenvalue weighted by Crippen LogP contribution is -2.09. The number of ether oxygens (including phenoxy) is 1. The number of aromatic nitrogens is 2. The molecule has 0 atom stereocenters. The molecule has 1 aromatic heterocycles. The Morgan fingerprint density at radius 2 is 1.91 bits per heavy atom. The molecule has 5 heteroatoms. The van der Waals surface area contributed by atoms with Crippen LogP contribution in [0.3, 0.4) is 0 Å². The molecule has 0 saturated heterocycles. The molecule has 0 fully saturated rings. The van der Waals surface area contributed by atoms with E-state index in [0.29, 0.717) is 23.0 Å². The van der Waals surface area contributed by atoms with Crippen molar-refractivity contribution in [3.05, 3.63) is 64.4 Å². The third-order valence-corrected chi connectivity index (χ3v) is 3.67. The van der Waals surface area contributed by atoms with E-state index in [4.69, 9.17) is 10.5 Å². The van der Waals surface area contributed by atoms with Gasteiger partial charge >= 0.3 is 0 Å². The number of nitrogens with one attached hydrogen (secondary N) is 1. The summed E-state index contributed by atoms with van der Waals surface area (Å²) in [6, 6.07) is 14.6. The van der Waals surface area contributed by atoms with Crippen LogP contribution in [0.25, 0.3) is 22.6 Å². The number of anilines is 1. The zero-order valence-corrected chi connectivity index (χ0v) is 13.0. The molecule has 0 amide bonds. The van der Waals surface area contributed by atoms with Crippen LogP contribution in [0.5, 0.6) is 5.75 Å². The average Bonchev–Trinajstić information content (AvgIpc) is 2.54. The minimum absolute atomic E-state index is 0.206. The summed E-state index contributed by atoms with van der Waals surface area (Å²) in [7, 11) is 1.56. The SMILES string of the molecule is COc1ccc(-c2cc(=O)[nH]c(-c3ccccc3C)n2)cc1N. The van der Waals surface area contributed by atoms with Gasteiger partial charge in [-0.2, -0.15) is 0 Å². The molecule has 3 N–H and O–H groups in total. The molecule has 0 aliphatic rings. The van der Waals surface area contributed by atoms with Gasteiger partial charge in [0.2, 0.25) is 0 Å². The van der Waals surface area contributed by atoms with Gasteiger partial charge in [-0.15, -0.1) is 0 Å². The molecular formula is C18H17N3O2. The van der Waals surface area contributed by atoms with Gasteiger partial charge in [0.1, 0.15) is 11.6 Å². The average molecular weight is 307 g/mol. The van der Waals surface area contributed by atoms with Crippen LogP contribution in [0.2, 0.25) is 0 Å². The molecule has 0 aliphatic carbocycles. The summed E-state index contributed by atoms with van der Waals surface area (Å²) < 4.78 is 5.16. The molecule has 0 bridgehead atoms. The number of aromatic amines is 1. The molecule has 23 heavy (non-hydrogen) atoms. The second-order valence-electron chi connectivity index (χ2n) is 5.25. The Bertz CT molecular complexity index is 916. The van der Waals surface area contributed by atoms with E-state index in [1.165, 1.54) is 6.07 Å². The molecule has 0 spiro atoms. The van der Waals surface area contributed by atoms with Crippen molar-refractivity contribution in [2.75, 3.05) is 12.8 Å². The van der Waals surface area contributed by atoms with Gasteiger partial charge < -0.3 is 15.5 Å². The number of rotatable bonds is 3. The number of hydrogen-bond donors (Lipinski definition) is 2. The predicted molar refractivity (Wildman–Crippen MR) is 91.4 cm³/mol. The molecule has 5 nitrogen and oxygen atoms in total. The second kappa shape index (κ2) is 5.96. The third-order valence-electron chi connectivity index (χ3n) is 3.67. The first-order valence-electron chi connectivity index (χ1n) is 7.20. The number of methoxy groups -OCH3 is 1. The van der Waals surface area contributed by atoms with Crippen LogP contribution >= 0.6 is 0 Å². The van der Waals surface area contributed by atoms with Gasteiger partial charge in [0.25, 0.3) is 5.56 Å². The van der Waals surface area contributed by atoms with E-state index in [0.717, 1.165) is 16.7 Å². The number of H-pyrrole nitrogens is 1. The number of nitrogens with zero attached hydrogens (tertiary/aromatic N) is 1.